The first-order valence-electron chi connectivity index (χ1n) is 38.1. The fourth-order valence-electron chi connectivity index (χ4n) is 9.81. The fourth-order valence-corrected chi connectivity index (χ4v) is 11.4. The molecule has 0 saturated carbocycles. The molecule has 0 heterocycles. The SMILES string of the molecule is CC/C=C\C/C=C\C/C=C\C/C=C\C/C=C\C/C=C\CCCCCCCCC(=O)OCC(O)COP(=O)(O)OCC(O)COP(=O)(O)OCC(COC(=O)CCCCCCCC/C=C\C/C=C\C/C=C\C/C=C\C/C=C\C/C=C\CC)OC(=O)CCCCCCCCCCCCCCC. The lowest BCUT2D eigenvalue weighted by molar-refractivity contribution is -0.161. The Kier molecular flexibility index (Phi) is 69.8. The van der Waals surface area contributed by atoms with E-state index in [9.17, 15) is 43.5 Å². The molecule has 0 fully saturated rings. The number of unbranched alkanes of at least 4 members (excludes halogenated alkanes) is 24. The Labute approximate surface area is 600 Å². The minimum absolute atomic E-state index is 0.0999. The molecular weight excluding hydrogens is 1290 g/mol. The van der Waals surface area contributed by atoms with Crippen LogP contribution in [0.4, 0.5) is 0 Å². The predicted molar refractivity (Wildman–Crippen MR) is 408 cm³/mol. The van der Waals surface area contributed by atoms with Crippen molar-refractivity contribution in [3.63, 3.8) is 0 Å². The van der Waals surface area contributed by atoms with Crippen LogP contribution in [0.5, 0.6) is 0 Å². The lowest BCUT2D eigenvalue weighted by Crippen LogP contribution is -2.30. The molecular formula is C81H136O16P2. The Morgan fingerprint density at radius 3 is 0.848 bits per heavy atom. The second-order valence-corrected chi connectivity index (χ2v) is 28.0. The van der Waals surface area contributed by atoms with Crippen LogP contribution >= 0.6 is 15.6 Å². The van der Waals surface area contributed by atoms with Crippen molar-refractivity contribution in [2.75, 3.05) is 39.6 Å². The molecule has 5 unspecified atom stereocenters. The Morgan fingerprint density at radius 2 is 0.535 bits per heavy atom. The van der Waals surface area contributed by atoms with Gasteiger partial charge >= 0.3 is 33.6 Å². The Hall–Kier alpha value is -4.57. The number of phosphoric acid groups is 2. The summed E-state index contributed by atoms with van der Waals surface area (Å²) in [6, 6.07) is 0. The highest BCUT2D eigenvalue weighted by Gasteiger charge is 2.29. The quantitative estimate of drug-likeness (QED) is 0.0146. The van der Waals surface area contributed by atoms with Crippen molar-refractivity contribution < 1.29 is 75.8 Å². The summed E-state index contributed by atoms with van der Waals surface area (Å²) in [6.07, 6.45) is 88.9. The summed E-state index contributed by atoms with van der Waals surface area (Å²) in [5, 5.41) is 20.6. The zero-order valence-corrected chi connectivity index (χ0v) is 63.4. The highest BCUT2D eigenvalue weighted by atomic mass is 31.2. The average molecular weight is 1430 g/mol. The number of carbonyl (C=O) groups is 3. The number of aliphatic hydroxyl groups excluding tert-OH is 2. The van der Waals surface area contributed by atoms with Gasteiger partial charge in [0.15, 0.2) is 6.10 Å². The van der Waals surface area contributed by atoms with Crippen LogP contribution in [0.15, 0.2) is 146 Å². The molecule has 0 spiro atoms. The first kappa shape index (κ1) is 94.4. The van der Waals surface area contributed by atoms with Gasteiger partial charge in [-0.1, -0.05) is 295 Å². The van der Waals surface area contributed by atoms with Crippen molar-refractivity contribution in [3.05, 3.63) is 146 Å². The highest BCUT2D eigenvalue weighted by molar-refractivity contribution is 7.47. The van der Waals surface area contributed by atoms with Crippen LogP contribution in [0.2, 0.25) is 0 Å². The average Bonchev–Trinajstić information content (AvgIpc) is 1.37. The van der Waals surface area contributed by atoms with E-state index in [1.165, 1.54) is 51.4 Å². The third kappa shape index (κ3) is 74.4. The summed E-state index contributed by atoms with van der Waals surface area (Å²) < 4.78 is 61.1. The minimum Gasteiger partial charge on any atom is -0.463 e. The monoisotopic (exact) mass is 1430 g/mol. The molecule has 0 aliphatic carbocycles. The lowest BCUT2D eigenvalue weighted by atomic mass is 10.0. The zero-order valence-electron chi connectivity index (χ0n) is 61.6. The number of allylic oxidation sites excluding steroid dienone is 24. The molecule has 5 atom stereocenters. The van der Waals surface area contributed by atoms with E-state index < -0.39 is 91.5 Å². The van der Waals surface area contributed by atoms with E-state index in [1.807, 2.05) is 0 Å². The smallest absolute Gasteiger partial charge is 0.463 e. The lowest BCUT2D eigenvalue weighted by Gasteiger charge is -2.21. The standard InChI is InChI=1S/C81H136O16P2/c1-4-7-10-13-16-19-22-25-27-29-31-33-35-37-39-41-43-45-47-50-52-55-58-61-64-67-79(84)91-70-76(82)71-93-98(87,88)94-72-77(83)73-95-99(89,90)96-75-78(97-81(86)69-66-63-60-57-54-49-24-21-18-15-12-9-6-3)74-92-80(85)68-65-62-59-56-53-51-48-46-44-42-40-38-36-34-32-30-28-26-23-20-17-14-11-8-5-2/h7-8,10-11,16-17,19-20,25-28,31-34,37-40,43-46,76-78,82-83H,4-6,9,12-15,18,21-24,29-30,35-36,41-42,47-75H2,1-3H3,(H,87,88)(H,89,90)/b10-7-,11-8-,19-16-,20-17-,27-25-,28-26-,33-31-,34-32-,39-37-,40-38-,45-43-,46-44-. The first-order valence-corrected chi connectivity index (χ1v) is 41.1. The van der Waals surface area contributed by atoms with Gasteiger partial charge in [-0.25, -0.2) is 9.13 Å². The van der Waals surface area contributed by atoms with E-state index in [0.717, 1.165) is 180 Å². The van der Waals surface area contributed by atoms with Gasteiger partial charge in [-0.3, -0.25) is 32.5 Å². The van der Waals surface area contributed by atoms with E-state index >= 15 is 0 Å². The maximum Gasteiger partial charge on any atom is 0.472 e. The summed E-state index contributed by atoms with van der Waals surface area (Å²) in [4.78, 5) is 58.6. The predicted octanol–water partition coefficient (Wildman–Crippen LogP) is 22.1. The van der Waals surface area contributed by atoms with Gasteiger partial charge in [0.1, 0.15) is 25.4 Å². The molecule has 16 nitrogen and oxygen atoms in total. The number of phosphoric ester groups is 2. The summed E-state index contributed by atoms with van der Waals surface area (Å²) in [5.74, 6) is -1.60. The van der Waals surface area contributed by atoms with E-state index in [0.29, 0.717) is 19.3 Å². The normalized spacial score (nSPS) is 14.9. The third-order valence-electron chi connectivity index (χ3n) is 15.6. The summed E-state index contributed by atoms with van der Waals surface area (Å²) in [5.41, 5.74) is 0. The Morgan fingerprint density at radius 1 is 0.293 bits per heavy atom. The molecule has 0 amide bonds. The van der Waals surface area contributed by atoms with E-state index in [-0.39, 0.29) is 19.3 Å². The van der Waals surface area contributed by atoms with Gasteiger partial charge in [-0.05, 0) is 122 Å². The Balaban J connectivity index is 4.61. The summed E-state index contributed by atoms with van der Waals surface area (Å²) >= 11 is 0. The zero-order chi connectivity index (χ0) is 72.3. The number of rotatable bonds is 71. The molecule has 18 heteroatoms. The van der Waals surface area contributed by atoms with Gasteiger partial charge in [0.25, 0.3) is 0 Å². The van der Waals surface area contributed by atoms with Gasteiger partial charge in [0.05, 0.1) is 26.4 Å². The molecule has 0 saturated heterocycles. The van der Waals surface area contributed by atoms with Gasteiger partial charge in [0.2, 0.25) is 0 Å². The highest BCUT2D eigenvalue weighted by Crippen LogP contribution is 2.45. The second kappa shape index (κ2) is 73.2. The fraction of sp³-hybridized carbons (Fsp3) is 0.667. The largest absolute Gasteiger partial charge is 0.472 e. The van der Waals surface area contributed by atoms with Gasteiger partial charge in [-0.15, -0.1) is 0 Å². The molecule has 0 rings (SSSR count). The minimum atomic E-state index is -4.93. The van der Waals surface area contributed by atoms with Gasteiger partial charge in [0, 0.05) is 19.3 Å². The van der Waals surface area contributed by atoms with Crippen molar-refractivity contribution in [1.82, 2.24) is 0 Å². The van der Waals surface area contributed by atoms with Crippen LogP contribution in [-0.2, 0) is 55.8 Å². The van der Waals surface area contributed by atoms with Crippen LogP contribution in [0, 0.1) is 0 Å². The van der Waals surface area contributed by atoms with Gasteiger partial charge < -0.3 is 34.2 Å². The number of carbonyl (C=O) groups excluding carboxylic acids is 3. The van der Waals surface area contributed by atoms with Crippen LogP contribution in [0.1, 0.15) is 290 Å². The number of aliphatic hydroxyl groups is 2. The molecule has 566 valence electrons. The van der Waals surface area contributed by atoms with Crippen molar-refractivity contribution in [3.8, 4) is 0 Å². The molecule has 0 radical (unpaired) electrons. The molecule has 0 aromatic carbocycles. The van der Waals surface area contributed by atoms with E-state index in [1.54, 1.807) is 0 Å². The second-order valence-electron chi connectivity index (χ2n) is 25.0. The maximum absolute atomic E-state index is 12.9. The third-order valence-corrected chi connectivity index (χ3v) is 17.5. The van der Waals surface area contributed by atoms with E-state index in [2.05, 4.69) is 167 Å². The van der Waals surface area contributed by atoms with Crippen molar-refractivity contribution in [2.24, 2.45) is 0 Å². The molecule has 0 aromatic heterocycles. The molecule has 0 aliphatic heterocycles. The Bertz CT molecular complexity index is 2380. The maximum atomic E-state index is 12.9. The summed E-state index contributed by atoms with van der Waals surface area (Å²) in [6.45, 7) is 2.41. The topological polar surface area (TPSA) is 231 Å². The van der Waals surface area contributed by atoms with Crippen LogP contribution in [-0.4, -0.2) is 95.9 Å². The molecule has 99 heavy (non-hydrogen) atoms. The van der Waals surface area contributed by atoms with E-state index in [4.69, 9.17) is 32.3 Å². The number of hydrogen-bond acceptors (Lipinski definition) is 14. The van der Waals surface area contributed by atoms with Crippen LogP contribution in [0.3, 0.4) is 0 Å². The number of esters is 3. The molecule has 0 bridgehead atoms. The van der Waals surface area contributed by atoms with Gasteiger partial charge in [-0.2, -0.15) is 0 Å². The number of hydrogen-bond donors (Lipinski definition) is 4. The van der Waals surface area contributed by atoms with Crippen molar-refractivity contribution in [1.29, 1.82) is 0 Å². The van der Waals surface area contributed by atoms with Crippen molar-refractivity contribution in [2.45, 2.75) is 309 Å². The molecule has 4 N–H and O–H groups in total. The first-order chi connectivity index (χ1) is 48.2. The summed E-state index contributed by atoms with van der Waals surface area (Å²) in [7, 11) is -9.80. The van der Waals surface area contributed by atoms with Crippen molar-refractivity contribution >= 4 is 33.6 Å². The van der Waals surface area contributed by atoms with Crippen LogP contribution < -0.4 is 0 Å². The van der Waals surface area contributed by atoms with Crippen LogP contribution in [0.25, 0.3) is 0 Å². The number of ether oxygens (including phenoxy) is 3. The molecule has 0 aliphatic rings. The molecule has 0 aromatic rings.